The van der Waals surface area contributed by atoms with Crippen molar-refractivity contribution in [1.82, 2.24) is 10.2 Å². The molecule has 0 aliphatic rings. The van der Waals surface area contributed by atoms with Gasteiger partial charge in [-0.3, -0.25) is 13.9 Å². The van der Waals surface area contributed by atoms with Gasteiger partial charge in [-0.1, -0.05) is 30.7 Å². The highest BCUT2D eigenvalue weighted by Crippen LogP contribution is 2.33. The van der Waals surface area contributed by atoms with Crippen LogP contribution in [0.1, 0.15) is 32.8 Å². The van der Waals surface area contributed by atoms with Gasteiger partial charge in [-0.25, -0.2) is 8.42 Å². The molecule has 0 saturated heterocycles. The van der Waals surface area contributed by atoms with Gasteiger partial charge in [-0.05, 0) is 56.2 Å². The van der Waals surface area contributed by atoms with Crippen molar-refractivity contribution in [2.75, 3.05) is 31.3 Å². The standard InChI is InChI=1S/C25H34ClN3O6S/c1-7-17(2)27-25(31)18(3)28(15-19-8-11-21(34-4)12-9-19)24(30)16-29(36(6,32)33)22-14-20(26)10-13-23(22)35-5/h8-14,17-18H,7,15-16H2,1-6H3,(H,27,31). The van der Waals surface area contributed by atoms with E-state index in [9.17, 15) is 18.0 Å². The summed E-state index contributed by atoms with van der Waals surface area (Å²) in [7, 11) is -0.970. The third-order valence-electron chi connectivity index (χ3n) is 5.77. The summed E-state index contributed by atoms with van der Waals surface area (Å²) in [5.41, 5.74) is 0.875. The molecule has 2 amide bonds. The molecule has 2 aromatic rings. The van der Waals surface area contributed by atoms with Crippen LogP contribution in [0.2, 0.25) is 5.02 Å². The Balaban J connectivity index is 2.45. The molecule has 2 atom stereocenters. The first-order chi connectivity index (χ1) is 16.9. The van der Waals surface area contributed by atoms with Gasteiger partial charge >= 0.3 is 0 Å². The second kappa shape index (κ2) is 12.8. The number of nitrogens with one attached hydrogen (secondary N) is 1. The van der Waals surface area contributed by atoms with Crippen molar-refractivity contribution in [1.29, 1.82) is 0 Å². The monoisotopic (exact) mass is 539 g/mol. The van der Waals surface area contributed by atoms with Crippen LogP contribution in [0.3, 0.4) is 0 Å². The van der Waals surface area contributed by atoms with Gasteiger partial charge in [0.1, 0.15) is 24.1 Å². The summed E-state index contributed by atoms with van der Waals surface area (Å²) in [6.07, 6.45) is 1.72. The van der Waals surface area contributed by atoms with E-state index in [1.165, 1.54) is 24.1 Å². The van der Waals surface area contributed by atoms with Crippen molar-refractivity contribution < 1.29 is 27.5 Å². The van der Waals surface area contributed by atoms with Crippen molar-refractivity contribution in [3.8, 4) is 11.5 Å². The number of methoxy groups -OCH3 is 2. The molecule has 0 aliphatic carbocycles. The van der Waals surface area contributed by atoms with E-state index in [2.05, 4.69) is 5.32 Å². The second-order valence-electron chi connectivity index (χ2n) is 8.45. The number of carbonyl (C=O) groups excluding carboxylic acids is 2. The van der Waals surface area contributed by atoms with Crippen LogP contribution in [-0.4, -0.2) is 64.2 Å². The Kier molecular flexibility index (Phi) is 10.4. The third-order valence-corrected chi connectivity index (χ3v) is 7.13. The quantitative estimate of drug-likeness (QED) is 0.443. The Morgan fingerprint density at radius 1 is 1.06 bits per heavy atom. The topological polar surface area (TPSA) is 105 Å². The second-order valence-corrected chi connectivity index (χ2v) is 10.8. The number of halogens is 1. The molecule has 0 fully saturated rings. The fraction of sp³-hybridized carbons (Fsp3) is 0.440. The molecule has 0 bridgehead atoms. The molecule has 11 heteroatoms. The third kappa shape index (κ3) is 7.76. The van der Waals surface area contributed by atoms with Crippen LogP contribution in [0, 0.1) is 0 Å². The Morgan fingerprint density at radius 3 is 2.22 bits per heavy atom. The summed E-state index contributed by atoms with van der Waals surface area (Å²) in [5, 5.41) is 3.17. The van der Waals surface area contributed by atoms with Crippen LogP contribution in [0.5, 0.6) is 11.5 Å². The summed E-state index contributed by atoms with van der Waals surface area (Å²) in [6.45, 7) is 4.97. The number of amides is 2. The molecule has 2 rings (SSSR count). The molecule has 0 aromatic heterocycles. The van der Waals surface area contributed by atoms with Gasteiger partial charge in [0.15, 0.2) is 0 Å². The van der Waals surface area contributed by atoms with Gasteiger partial charge in [0.2, 0.25) is 21.8 Å². The molecule has 2 aromatic carbocycles. The number of hydrogen-bond acceptors (Lipinski definition) is 6. The highest BCUT2D eigenvalue weighted by atomic mass is 35.5. The van der Waals surface area contributed by atoms with Crippen molar-refractivity contribution >= 4 is 39.1 Å². The van der Waals surface area contributed by atoms with E-state index in [1.54, 1.807) is 44.4 Å². The predicted molar refractivity (Wildman–Crippen MR) is 141 cm³/mol. The lowest BCUT2D eigenvalue weighted by molar-refractivity contribution is -0.139. The zero-order chi connectivity index (χ0) is 27.0. The van der Waals surface area contributed by atoms with Crippen molar-refractivity contribution in [3.05, 3.63) is 53.1 Å². The molecule has 198 valence electrons. The fourth-order valence-corrected chi connectivity index (χ4v) is 4.44. The summed E-state index contributed by atoms with van der Waals surface area (Å²) in [4.78, 5) is 27.9. The maximum atomic E-state index is 13.6. The highest BCUT2D eigenvalue weighted by molar-refractivity contribution is 7.92. The van der Waals surface area contributed by atoms with Crippen molar-refractivity contribution in [2.24, 2.45) is 0 Å². The summed E-state index contributed by atoms with van der Waals surface area (Å²) >= 11 is 6.12. The molecule has 36 heavy (non-hydrogen) atoms. The van der Waals surface area contributed by atoms with E-state index in [0.29, 0.717) is 5.75 Å². The average molecular weight is 540 g/mol. The van der Waals surface area contributed by atoms with E-state index in [1.807, 2.05) is 13.8 Å². The molecular formula is C25H34ClN3O6S. The lowest BCUT2D eigenvalue weighted by Gasteiger charge is -2.32. The molecular weight excluding hydrogens is 506 g/mol. The van der Waals surface area contributed by atoms with Crippen LogP contribution in [0.25, 0.3) is 0 Å². The largest absolute Gasteiger partial charge is 0.497 e. The van der Waals surface area contributed by atoms with Crippen LogP contribution >= 0.6 is 11.6 Å². The Bertz CT molecular complexity index is 1160. The number of rotatable bonds is 12. The van der Waals surface area contributed by atoms with Crippen LogP contribution < -0.4 is 19.1 Å². The normalized spacial score (nSPS) is 12.9. The summed E-state index contributed by atoms with van der Waals surface area (Å²) < 4.78 is 36.9. The van der Waals surface area contributed by atoms with Gasteiger partial charge in [-0.15, -0.1) is 0 Å². The minimum Gasteiger partial charge on any atom is -0.497 e. The van der Waals surface area contributed by atoms with Gasteiger partial charge in [0, 0.05) is 17.6 Å². The molecule has 0 aliphatic heterocycles. The highest BCUT2D eigenvalue weighted by Gasteiger charge is 2.31. The maximum Gasteiger partial charge on any atom is 0.244 e. The Hall–Kier alpha value is -2.98. The molecule has 2 unspecified atom stereocenters. The number of hydrogen-bond donors (Lipinski definition) is 1. The Morgan fingerprint density at radius 2 is 1.69 bits per heavy atom. The van der Waals surface area contributed by atoms with E-state index >= 15 is 0 Å². The van der Waals surface area contributed by atoms with Crippen LogP contribution in [-0.2, 0) is 26.2 Å². The fourth-order valence-electron chi connectivity index (χ4n) is 3.43. The maximum absolute atomic E-state index is 13.6. The minimum absolute atomic E-state index is 0.0823. The molecule has 0 saturated carbocycles. The molecule has 0 radical (unpaired) electrons. The first kappa shape index (κ1) is 29.3. The number of sulfonamides is 1. The molecule has 0 heterocycles. The van der Waals surface area contributed by atoms with Gasteiger partial charge in [-0.2, -0.15) is 0 Å². The van der Waals surface area contributed by atoms with Gasteiger partial charge in [0.05, 0.1) is 26.2 Å². The summed E-state index contributed by atoms with van der Waals surface area (Å²) in [5.74, 6) is -0.0140. The van der Waals surface area contributed by atoms with E-state index in [-0.39, 0.29) is 35.0 Å². The average Bonchev–Trinajstić information content (AvgIpc) is 2.84. The Labute approximate surface area is 218 Å². The summed E-state index contributed by atoms with van der Waals surface area (Å²) in [6, 6.07) is 10.6. The van der Waals surface area contributed by atoms with Crippen molar-refractivity contribution in [3.63, 3.8) is 0 Å². The van der Waals surface area contributed by atoms with Crippen LogP contribution in [0.15, 0.2) is 42.5 Å². The van der Waals surface area contributed by atoms with E-state index < -0.39 is 28.5 Å². The molecule has 1 N–H and O–H groups in total. The minimum atomic E-state index is -3.92. The smallest absolute Gasteiger partial charge is 0.244 e. The molecule has 9 nitrogen and oxygen atoms in total. The number of carbonyl (C=O) groups is 2. The van der Waals surface area contributed by atoms with Gasteiger partial charge in [0.25, 0.3) is 0 Å². The number of nitrogens with zero attached hydrogens (tertiary/aromatic N) is 2. The zero-order valence-electron chi connectivity index (χ0n) is 21.4. The SMILES string of the molecule is CCC(C)NC(=O)C(C)N(Cc1ccc(OC)cc1)C(=O)CN(c1cc(Cl)ccc1OC)S(C)(=O)=O. The van der Waals surface area contributed by atoms with E-state index in [4.69, 9.17) is 21.1 Å². The molecule has 0 spiro atoms. The number of anilines is 1. The predicted octanol–water partition coefficient (Wildman–Crippen LogP) is 3.46. The van der Waals surface area contributed by atoms with Gasteiger partial charge < -0.3 is 19.7 Å². The number of ether oxygens (including phenoxy) is 2. The first-order valence-corrected chi connectivity index (χ1v) is 13.7. The van der Waals surface area contributed by atoms with Crippen LogP contribution in [0.4, 0.5) is 5.69 Å². The zero-order valence-corrected chi connectivity index (χ0v) is 23.0. The lowest BCUT2D eigenvalue weighted by atomic mass is 10.1. The lowest BCUT2D eigenvalue weighted by Crippen LogP contribution is -2.52. The number of benzene rings is 2. The first-order valence-electron chi connectivity index (χ1n) is 11.4. The van der Waals surface area contributed by atoms with E-state index in [0.717, 1.165) is 22.5 Å². The van der Waals surface area contributed by atoms with Crippen molar-refractivity contribution in [2.45, 2.75) is 45.8 Å².